The third-order valence-corrected chi connectivity index (χ3v) is 4.01. The minimum absolute atomic E-state index is 0.513. The first-order chi connectivity index (χ1) is 14.5. The number of hydrogen-bond acceptors (Lipinski definition) is 6. The number of hydrazine groups is 1. The molecule has 2 aromatic rings. The van der Waals surface area contributed by atoms with Gasteiger partial charge in [-0.25, -0.2) is 0 Å². The fourth-order valence-corrected chi connectivity index (χ4v) is 2.48. The molecule has 2 amide bonds. The molecule has 0 saturated heterocycles. The van der Waals surface area contributed by atoms with E-state index in [1.807, 2.05) is 0 Å². The number of methoxy groups -OCH3 is 4. The summed E-state index contributed by atoms with van der Waals surface area (Å²) in [5, 5.41) is 0. The van der Waals surface area contributed by atoms with Crippen LogP contribution in [0, 0.1) is 0 Å². The summed E-state index contributed by atoms with van der Waals surface area (Å²) in [6.45, 7) is 0. The van der Waals surface area contributed by atoms with Crippen molar-refractivity contribution in [2.24, 2.45) is 0 Å². The zero-order valence-corrected chi connectivity index (χ0v) is 17.2. The molecule has 2 N–H and O–H groups in total. The van der Waals surface area contributed by atoms with Gasteiger partial charge in [0.15, 0.2) is 0 Å². The molecule has 0 fully saturated rings. The van der Waals surface area contributed by atoms with Crippen molar-refractivity contribution in [1.82, 2.24) is 10.9 Å². The van der Waals surface area contributed by atoms with Crippen molar-refractivity contribution in [3.8, 4) is 23.0 Å². The quantitative estimate of drug-likeness (QED) is 0.511. The third-order valence-electron chi connectivity index (χ3n) is 4.01. The Kier molecular flexibility index (Phi) is 8.31. The van der Waals surface area contributed by atoms with Gasteiger partial charge >= 0.3 is 0 Å². The topological polar surface area (TPSA) is 95.1 Å². The number of rotatable bonds is 8. The normalized spacial score (nSPS) is 10.7. The summed E-state index contributed by atoms with van der Waals surface area (Å²) in [5.41, 5.74) is 5.92. The first-order valence-electron chi connectivity index (χ1n) is 8.91. The standard InChI is InChI=1S/C22H24N2O6/c1-27-17-7-9-19(29-3)15(13-17)5-11-21(25)23-24-22(26)12-6-16-14-18(28-2)8-10-20(16)30-4/h5-14H,1-4H3,(H,23,25)(H,24,26)/b11-5+,12-6+. The molecule has 2 aromatic carbocycles. The van der Waals surface area contributed by atoms with Gasteiger partial charge in [0.25, 0.3) is 11.8 Å². The van der Waals surface area contributed by atoms with Crippen LogP contribution < -0.4 is 29.8 Å². The summed E-state index contributed by atoms with van der Waals surface area (Å²) < 4.78 is 20.8. The summed E-state index contributed by atoms with van der Waals surface area (Å²) in [5.74, 6) is 1.39. The van der Waals surface area contributed by atoms with Gasteiger partial charge in [-0.3, -0.25) is 20.4 Å². The van der Waals surface area contributed by atoms with Crippen LogP contribution in [0.2, 0.25) is 0 Å². The van der Waals surface area contributed by atoms with Gasteiger partial charge in [-0.2, -0.15) is 0 Å². The zero-order chi connectivity index (χ0) is 21.9. The van der Waals surface area contributed by atoms with Crippen LogP contribution in [0.5, 0.6) is 23.0 Å². The van der Waals surface area contributed by atoms with E-state index >= 15 is 0 Å². The molecule has 0 radical (unpaired) electrons. The Morgan fingerprint density at radius 2 is 1.07 bits per heavy atom. The zero-order valence-electron chi connectivity index (χ0n) is 17.2. The molecule has 0 heterocycles. The highest BCUT2D eigenvalue weighted by molar-refractivity contribution is 5.96. The Balaban J connectivity index is 1.96. The van der Waals surface area contributed by atoms with Crippen molar-refractivity contribution in [3.63, 3.8) is 0 Å². The fourth-order valence-electron chi connectivity index (χ4n) is 2.48. The Labute approximate surface area is 175 Å². The van der Waals surface area contributed by atoms with E-state index in [2.05, 4.69) is 10.9 Å². The molecular formula is C22H24N2O6. The van der Waals surface area contributed by atoms with Crippen LogP contribution in [0.15, 0.2) is 48.6 Å². The summed E-state index contributed by atoms with van der Waals surface area (Å²) in [7, 11) is 6.16. The third kappa shape index (κ3) is 6.30. The van der Waals surface area contributed by atoms with Gasteiger partial charge in [0.1, 0.15) is 23.0 Å². The van der Waals surface area contributed by atoms with Gasteiger partial charge in [0.05, 0.1) is 28.4 Å². The molecular weight excluding hydrogens is 388 g/mol. The second-order valence-corrected chi connectivity index (χ2v) is 5.86. The van der Waals surface area contributed by atoms with Gasteiger partial charge < -0.3 is 18.9 Å². The van der Waals surface area contributed by atoms with E-state index in [0.29, 0.717) is 34.1 Å². The van der Waals surface area contributed by atoms with E-state index < -0.39 is 11.8 Å². The van der Waals surface area contributed by atoms with Crippen molar-refractivity contribution in [3.05, 3.63) is 59.7 Å². The number of carbonyl (C=O) groups is 2. The van der Waals surface area contributed by atoms with Crippen molar-refractivity contribution in [1.29, 1.82) is 0 Å². The lowest BCUT2D eigenvalue weighted by Crippen LogP contribution is -2.39. The molecule has 0 aliphatic carbocycles. The van der Waals surface area contributed by atoms with Gasteiger partial charge in [0.2, 0.25) is 0 Å². The maximum Gasteiger partial charge on any atom is 0.262 e. The van der Waals surface area contributed by atoms with Crippen LogP contribution in [-0.2, 0) is 9.59 Å². The highest BCUT2D eigenvalue weighted by Crippen LogP contribution is 2.25. The predicted molar refractivity (Wildman–Crippen MR) is 113 cm³/mol. The molecule has 158 valence electrons. The summed E-state index contributed by atoms with van der Waals surface area (Å²) in [6.07, 6.45) is 5.65. The Hall–Kier alpha value is -3.94. The molecule has 0 atom stereocenters. The largest absolute Gasteiger partial charge is 0.497 e. The molecule has 8 nitrogen and oxygen atoms in total. The number of benzene rings is 2. The smallest absolute Gasteiger partial charge is 0.262 e. The highest BCUT2D eigenvalue weighted by atomic mass is 16.5. The lowest BCUT2D eigenvalue weighted by Gasteiger charge is -2.08. The van der Waals surface area contributed by atoms with E-state index in [9.17, 15) is 9.59 Å². The summed E-state index contributed by atoms with van der Waals surface area (Å²) in [6, 6.07) is 10.4. The van der Waals surface area contributed by atoms with Crippen molar-refractivity contribution >= 4 is 24.0 Å². The van der Waals surface area contributed by atoms with Crippen molar-refractivity contribution < 1.29 is 28.5 Å². The Bertz CT molecular complexity index is 875. The lowest BCUT2D eigenvalue weighted by molar-refractivity contribution is -0.123. The minimum atomic E-state index is -0.513. The number of carbonyl (C=O) groups excluding carboxylic acids is 2. The molecule has 0 aliphatic heterocycles. The van der Waals surface area contributed by atoms with Crippen molar-refractivity contribution in [2.45, 2.75) is 0 Å². The average molecular weight is 412 g/mol. The Morgan fingerprint density at radius 3 is 1.40 bits per heavy atom. The van der Waals surface area contributed by atoms with Gasteiger partial charge in [-0.15, -0.1) is 0 Å². The van der Waals surface area contributed by atoms with E-state index in [4.69, 9.17) is 18.9 Å². The number of ether oxygens (including phenoxy) is 4. The van der Waals surface area contributed by atoms with Gasteiger partial charge in [-0.05, 0) is 48.6 Å². The molecule has 0 unspecified atom stereocenters. The SMILES string of the molecule is COc1ccc(OC)c(/C=C/C(=O)NNC(=O)/C=C/c2cc(OC)ccc2OC)c1. The summed E-state index contributed by atoms with van der Waals surface area (Å²) in [4.78, 5) is 24.0. The van der Waals surface area contributed by atoms with Crippen LogP contribution in [0.3, 0.4) is 0 Å². The maximum absolute atomic E-state index is 12.0. The Morgan fingerprint density at radius 1 is 0.667 bits per heavy atom. The first kappa shape index (κ1) is 22.4. The second-order valence-electron chi connectivity index (χ2n) is 5.86. The van der Waals surface area contributed by atoms with Crippen LogP contribution in [-0.4, -0.2) is 40.3 Å². The van der Waals surface area contributed by atoms with E-state index in [0.717, 1.165) is 0 Å². The van der Waals surface area contributed by atoms with Crippen LogP contribution in [0.25, 0.3) is 12.2 Å². The molecule has 0 saturated carbocycles. The summed E-state index contributed by atoms with van der Waals surface area (Å²) >= 11 is 0. The van der Waals surface area contributed by atoms with Crippen LogP contribution in [0.1, 0.15) is 11.1 Å². The maximum atomic E-state index is 12.0. The van der Waals surface area contributed by atoms with Gasteiger partial charge in [-0.1, -0.05) is 0 Å². The van der Waals surface area contributed by atoms with Crippen LogP contribution >= 0.6 is 0 Å². The number of amides is 2. The van der Waals surface area contributed by atoms with E-state index in [1.54, 1.807) is 62.8 Å². The minimum Gasteiger partial charge on any atom is -0.497 e. The van der Waals surface area contributed by atoms with E-state index in [1.165, 1.54) is 26.4 Å². The molecule has 0 bridgehead atoms. The average Bonchev–Trinajstić information content (AvgIpc) is 2.79. The molecule has 0 spiro atoms. The molecule has 0 aromatic heterocycles. The molecule has 30 heavy (non-hydrogen) atoms. The van der Waals surface area contributed by atoms with E-state index in [-0.39, 0.29) is 0 Å². The van der Waals surface area contributed by atoms with Crippen LogP contribution in [0.4, 0.5) is 0 Å². The number of nitrogens with one attached hydrogen (secondary N) is 2. The monoisotopic (exact) mass is 412 g/mol. The number of hydrogen-bond donors (Lipinski definition) is 2. The first-order valence-corrected chi connectivity index (χ1v) is 8.91. The van der Waals surface area contributed by atoms with Gasteiger partial charge in [0, 0.05) is 23.3 Å². The fraction of sp³-hybridized carbons (Fsp3) is 0.182. The molecule has 0 aliphatic rings. The lowest BCUT2D eigenvalue weighted by atomic mass is 10.1. The predicted octanol–water partition coefficient (Wildman–Crippen LogP) is 2.60. The second kappa shape index (κ2) is 11.2. The molecule has 2 rings (SSSR count). The van der Waals surface area contributed by atoms with Crippen molar-refractivity contribution in [2.75, 3.05) is 28.4 Å². The molecule has 8 heteroatoms. The highest BCUT2D eigenvalue weighted by Gasteiger charge is 2.05.